The Morgan fingerprint density at radius 1 is 1.59 bits per heavy atom. The number of anilines is 1. The number of benzene rings is 1. The summed E-state index contributed by atoms with van der Waals surface area (Å²) in [6.45, 7) is 0.504. The molecule has 17 heavy (non-hydrogen) atoms. The molecule has 0 bridgehead atoms. The van der Waals surface area contributed by atoms with Gasteiger partial charge >= 0.3 is 0 Å². The number of aromatic nitrogens is 2. The van der Waals surface area contributed by atoms with E-state index in [0.717, 1.165) is 11.0 Å². The summed E-state index contributed by atoms with van der Waals surface area (Å²) in [5.74, 6) is 0.367. The number of hydrogen-bond donors (Lipinski definition) is 2. The Bertz CT molecular complexity index is 564. The van der Waals surface area contributed by atoms with Crippen molar-refractivity contribution < 1.29 is 4.79 Å². The molecular weight excluding hydrogens is 240 g/mol. The molecule has 0 spiro atoms. The van der Waals surface area contributed by atoms with Crippen molar-refractivity contribution >= 4 is 34.5 Å². The zero-order valence-electron chi connectivity index (χ0n) is 9.40. The normalized spacial score (nSPS) is 10.7. The number of nitrogens with one attached hydrogen (secondary N) is 1. The number of amides is 1. The summed E-state index contributed by atoms with van der Waals surface area (Å²) in [6, 6.07) is 5.38. The molecule has 2 aromatic rings. The van der Waals surface area contributed by atoms with Gasteiger partial charge in [0.15, 0.2) is 0 Å². The average molecular weight is 253 g/mol. The first kappa shape index (κ1) is 11.7. The lowest BCUT2D eigenvalue weighted by Gasteiger charge is -2.05. The van der Waals surface area contributed by atoms with E-state index in [4.69, 9.17) is 17.3 Å². The van der Waals surface area contributed by atoms with Gasteiger partial charge in [0.25, 0.3) is 0 Å². The molecule has 5 nitrogen and oxygen atoms in total. The Labute approximate surface area is 104 Å². The summed E-state index contributed by atoms with van der Waals surface area (Å²) in [5, 5.41) is 3.19. The van der Waals surface area contributed by atoms with Gasteiger partial charge in [0.2, 0.25) is 11.9 Å². The Kier molecular flexibility index (Phi) is 3.19. The van der Waals surface area contributed by atoms with Gasteiger partial charge in [-0.1, -0.05) is 11.6 Å². The van der Waals surface area contributed by atoms with Crippen molar-refractivity contribution in [3.63, 3.8) is 0 Å². The summed E-state index contributed by atoms with van der Waals surface area (Å²) in [5.41, 5.74) is 7.44. The fraction of sp³-hybridized carbons (Fsp3) is 0.273. The van der Waals surface area contributed by atoms with Crippen LogP contribution >= 0.6 is 11.6 Å². The molecular formula is C11H13ClN4O. The van der Waals surface area contributed by atoms with Crippen LogP contribution in [0, 0.1) is 0 Å². The van der Waals surface area contributed by atoms with Crippen LogP contribution in [0.4, 0.5) is 5.95 Å². The van der Waals surface area contributed by atoms with Gasteiger partial charge in [0.05, 0.1) is 11.0 Å². The Balaban J connectivity index is 2.33. The van der Waals surface area contributed by atoms with Gasteiger partial charge in [-0.25, -0.2) is 4.98 Å². The van der Waals surface area contributed by atoms with E-state index in [0.29, 0.717) is 23.9 Å². The summed E-state index contributed by atoms with van der Waals surface area (Å²) in [6.07, 6.45) is 0.370. The molecule has 0 fully saturated rings. The second kappa shape index (κ2) is 4.63. The molecule has 2 rings (SSSR count). The highest BCUT2D eigenvalue weighted by molar-refractivity contribution is 6.31. The van der Waals surface area contributed by atoms with Gasteiger partial charge in [-0.2, -0.15) is 0 Å². The van der Waals surface area contributed by atoms with E-state index in [1.54, 1.807) is 23.7 Å². The molecule has 0 aliphatic rings. The van der Waals surface area contributed by atoms with Crippen molar-refractivity contribution in [1.82, 2.24) is 14.9 Å². The molecule has 3 N–H and O–H groups in total. The zero-order chi connectivity index (χ0) is 12.4. The third-order valence-corrected chi connectivity index (χ3v) is 2.82. The van der Waals surface area contributed by atoms with Crippen LogP contribution in [-0.2, 0) is 11.3 Å². The smallest absolute Gasteiger partial charge is 0.221 e. The van der Waals surface area contributed by atoms with E-state index in [-0.39, 0.29) is 5.91 Å². The molecule has 0 saturated heterocycles. The van der Waals surface area contributed by atoms with Crippen LogP contribution in [0.15, 0.2) is 18.2 Å². The summed E-state index contributed by atoms with van der Waals surface area (Å²) in [7, 11) is 1.61. The number of halogens is 1. The monoisotopic (exact) mass is 252 g/mol. The molecule has 1 aromatic carbocycles. The summed E-state index contributed by atoms with van der Waals surface area (Å²) < 4.78 is 1.81. The lowest BCUT2D eigenvalue weighted by molar-refractivity contribution is -0.120. The minimum Gasteiger partial charge on any atom is -0.369 e. The first-order valence-electron chi connectivity index (χ1n) is 5.23. The maximum atomic E-state index is 11.2. The topological polar surface area (TPSA) is 72.9 Å². The van der Waals surface area contributed by atoms with Crippen molar-refractivity contribution in [2.75, 3.05) is 12.8 Å². The highest BCUT2D eigenvalue weighted by Gasteiger charge is 2.09. The van der Waals surface area contributed by atoms with E-state index in [2.05, 4.69) is 10.3 Å². The highest BCUT2D eigenvalue weighted by Crippen LogP contribution is 2.21. The minimum absolute atomic E-state index is 0.0276. The molecule has 6 heteroatoms. The third kappa shape index (κ3) is 2.34. The predicted molar refractivity (Wildman–Crippen MR) is 67.8 cm³/mol. The molecule has 1 aromatic heterocycles. The molecule has 0 saturated carbocycles. The Morgan fingerprint density at radius 3 is 3.06 bits per heavy atom. The molecule has 0 atom stereocenters. The van der Waals surface area contributed by atoms with Crippen molar-refractivity contribution in [2.45, 2.75) is 13.0 Å². The van der Waals surface area contributed by atoms with Gasteiger partial charge in [-0.15, -0.1) is 0 Å². The van der Waals surface area contributed by atoms with Crippen molar-refractivity contribution in [3.8, 4) is 0 Å². The predicted octanol–water partition coefficient (Wildman–Crippen LogP) is 1.41. The first-order valence-corrected chi connectivity index (χ1v) is 5.61. The van der Waals surface area contributed by atoms with Gasteiger partial charge < -0.3 is 15.6 Å². The van der Waals surface area contributed by atoms with E-state index in [1.807, 2.05) is 6.07 Å². The van der Waals surface area contributed by atoms with Crippen LogP contribution in [-0.4, -0.2) is 22.5 Å². The van der Waals surface area contributed by atoms with Gasteiger partial charge in [0.1, 0.15) is 0 Å². The number of rotatable bonds is 3. The van der Waals surface area contributed by atoms with Gasteiger partial charge in [0, 0.05) is 25.0 Å². The number of nitrogens with two attached hydrogens (primary N) is 1. The van der Waals surface area contributed by atoms with Crippen LogP contribution < -0.4 is 11.1 Å². The molecule has 90 valence electrons. The average Bonchev–Trinajstić information content (AvgIpc) is 2.61. The minimum atomic E-state index is -0.0276. The second-order valence-electron chi connectivity index (χ2n) is 3.68. The van der Waals surface area contributed by atoms with E-state index >= 15 is 0 Å². The summed E-state index contributed by atoms with van der Waals surface area (Å²) in [4.78, 5) is 15.4. The Hall–Kier alpha value is -1.75. The molecule has 0 radical (unpaired) electrons. The number of carbonyl (C=O) groups excluding carboxylic acids is 1. The molecule has 0 aliphatic carbocycles. The van der Waals surface area contributed by atoms with Crippen LogP contribution in [0.3, 0.4) is 0 Å². The number of carbonyl (C=O) groups is 1. The highest BCUT2D eigenvalue weighted by atomic mass is 35.5. The van der Waals surface area contributed by atoms with E-state index in [1.165, 1.54) is 0 Å². The van der Waals surface area contributed by atoms with Crippen LogP contribution in [0.2, 0.25) is 5.02 Å². The van der Waals surface area contributed by atoms with Crippen molar-refractivity contribution in [1.29, 1.82) is 0 Å². The largest absolute Gasteiger partial charge is 0.369 e. The number of nitrogens with zero attached hydrogens (tertiary/aromatic N) is 2. The van der Waals surface area contributed by atoms with Crippen molar-refractivity contribution in [2.24, 2.45) is 0 Å². The standard InChI is InChI=1S/C11H13ClN4O/c1-14-10(17)4-5-16-9-3-2-7(12)6-8(9)15-11(16)13/h2-3,6H,4-5H2,1H3,(H2,13,15)(H,14,17). The van der Waals surface area contributed by atoms with Gasteiger partial charge in [-0.3, -0.25) is 4.79 Å². The number of aryl methyl sites for hydroxylation is 1. The van der Waals surface area contributed by atoms with E-state index in [9.17, 15) is 4.79 Å². The zero-order valence-corrected chi connectivity index (χ0v) is 10.2. The third-order valence-electron chi connectivity index (χ3n) is 2.58. The number of hydrogen-bond acceptors (Lipinski definition) is 3. The second-order valence-corrected chi connectivity index (χ2v) is 4.11. The van der Waals surface area contributed by atoms with Crippen LogP contribution in [0.25, 0.3) is 11.0 Å². The fourth-order valence-electron chi connectivity index (χ4n) is 1.69. The molecule has 0 aliphatic heterocycles. The molecule has 0 unspecified atom stereocenters. The first-order chi connectivity index (χ1) is 8.11. The van der Waals surface area contributed by atoms with Crippen LogP contribution in [0.5, 0.6) is 0 Å². The van der Waals surface area contributed by atoms with Gasteiger partial charge in [-0.05, 0) is 18.2 Å². The molecule has 1 amide bonds. The number of fused-ring (bicyclic) bond motifs is 1. The lowest BCUT2D eigenvalue weighted by Crippen LogP contribution is -2.19. The van der Waals surface area contributed by atoms with Crippen LogP contribution in [0.1, 0.15) is 6.42 Å². The lowest BCUT2D eigenvalue weighted by atomic mass is 10.3. The SMILES string of the molecule is CNC(=O)CCn1c(N)nc2cc(Cl)ccc21. The summed E-state index contributed by atoms with van der Waals surface area (Å²) >= 11 is 5.88. The molecule has 1 heterocycles. The number of nitrogen functional groups attached to an aromatic ring is 1. The number of imidazole rings is 1. The van der Waals surface area contributed by atoms with Crippen molar-refractivity contribution in [3.05, 3.63) is 23.2 Å². The quantitative estimate of drug-likeness (QED) is 0.868. The Morgan fingerprint density at radius 2 is 2.35 bits per heavy atom. The maximum absolute atomic E-state index is 11.2. The fourth-order valence-corrected chi connectivity index (χ4v) is 1.86. The maximum Gasteiger partial charge on any atom is 0.221 e. The van der Waals surface area contributed by atoms with E-state index < -0.39 is 0 Å².